The van der Waals surface area contributed by atoms with Crippen LogP contribution in [0.5, 0.6) is 11.5 Å². The molecule has 1 amide bonds. The molecule has 2 aliphatic heterocycles. The molecule has 2 fully saturated rings. The van der Waals surface area contributed by atoms with Crippen molar-refractivity contribution in [1.29, 1.82) is 0 Å². The highest BCUT2D eigenvalue weighted by Gasteiger charge is 2.73. The highest BCUT2D eigenvalue weighted by molar-refractivity contribution is 5.94. The number of carbonyl (C=O) groups is 2. The molecule has 1 N–H and O–H groups in total. The lowest BCUT2D eigenvalue weighted by molar-refractivity contribution is -0.200. The average Bonchev–Trinajstić information content (AvgIpc) is 3.40. The number of amides is 1. The Bertz CT molecular complexity index is 1700. The summed E-state index contributed by atoms with van der Waals surface area (Å²) in [5.74, 6) is 6.46. The number of rotatable bonds is 7. The highest BCUT2D eigenvalue weighted by atomic mass is 16.6. The lowest BCUT2D eigenvalue weighted by Gasteiger charge is -2.64. The van der Waals surface area contributed by atoms with E-state index in [1.807, 2.05) is 53.4 Å². The van der Waals surface area contributed by atoms with Crippen LogP contribution in [0.15, 0.2) is 72.8 Å². The molecule has 2 bridgehead atoms. The number of nitrogens with zero attached hydrogens (tertiary/aromatic N) is 2. The van der Waals surface area contributed by atoms with Crippen molar-refractivity contribution in [3.8, 4) is 23.3 Å². The van der Waals surface area contributed by atoms with E-state index < -0.39 is 23.1 Å². The molecule has 0 unspecified atom stereocenters. The SMILES string of the molecule is CC(=O)Oc1ccc2c3c1O[C@H]1[C@H](N(CC(C)C)C(=O)C#Cc4ccccc4)CC[C@@]4(O)[C@@H](C2)N(CCc2ccccc2)CC[C@]314. The molecule has 7 rings (SSSR count). The van der Waals surface area contributed by atoms with Crippen LogP contribution in [-0.4, -0.2) is 70.2 Å². The Hall–Kier alpha value is -4.12. The summed E-state index contributed by atoms with van der Waals surface area (Å²) >= 11 is 0. The Kier molecular flexibility index (Phi) is 7.91. The number of hydrogen-bond acceptors (Lipinski definition) is 6. The topological polar surface area (TPSA) is 79.3 Å². The summed E-state index contributed by atoms with van der Waals surface area (Å²) in [5, 5.41) is 13.1. The van der Waals surface area contributed by atoms with Gasteiger partial charge in [-0.25, -0.2) is 0 Å². The molecule has 2 aliphatic carbocycles. The van der Waals surface area contributed by atoms with Crippen LogP contribution < -0.4 is 9.47 Å². The van der Waals surface area contributed by atoms with Gasteiger partial charge < -0.3 is 19.5 Å². The van der Waals surface area contributed by atoms with Gasteiger partial charge in [0.05, 0.1) is 17.1 Å². The quantitative estimate of drug-likeness (QED) is 0.230. The molecule has 46 heavy (non-hydrogen) atoms. The first-order valence-corrected chi connectivity index (χ1v) is 16.6. The predicted octanol–water partition coefficient (Wildman–Crippen LogP) is 4.91. The molecular formula is C39H42N2O5. The molecule has 2 heterocycles. The summed E-state index contributed by atoms with van der Waals surface area (Å²) in [7, 11) is 0. The summed E-state index contributed by atoms with van der Waals surface area (Å²) < 4.78 is 12.6. The number of likely N-dealkylation sites (tertiary alicyclic amines) is 1. The number of benzene rings is 3. The first-order valence-electron chi connectivity index (χ1n) is 16.6. The Morgan fingerprint density at radius 2 is 1.80 bits per heavy atom. The van der Waals surface area contributed by atoms with Crippen molar-refractivity contribution in [2.75, 3.05) is 19.6 Å². The van der Waals surface area contributed by atoms with Crippen LogP contribution in [0.3, 0.4) is 0 Å². The third kappa shape index (κ3) is 4.99. The first kappa shape index (κ1) is 30.5. The number of carbonyl (C=O) groups excluding carboxylic acids is 2. The van der Waals surface area contributed by atoms with Gasteiger partial charge in [0.2, 0.25) is 0 Å². The molecule has 1 saturated heterocycles. The highest BCUT2D eigenvalue weighted by Crippen LogP contribution is 2.66. The molecule has 3 aromatic carbocycles. The van der Waals surface area contributed by atoms with E-state index in [1.54, 1.807) is 0 Å². The molecule has 5 atom stereocenters. The molecule has 3 aromatic rings. The molecule has 0 aromatic heterocycles. The van der Waals surface area contributed by atoms with Gasteiger partial charge in [-0.15, -0.1) is 0 Å². The first-order chi connectivity index (χ1) is 22.2. The number of esters is 1. The van der Waals surface area contributed by atoms with E-state index in [2.05, 4.69) is 54.9 Å². The summed E-state index contributed by atoms with van der Waals surface area (Å²) in [6.07, 6.45) is 2.89. The Morgan fingerprint density at radius 1 is 1.07 bits per heavy atom. The average molecular weight is 619 g/mol. The normalized spacial score (nSPS) is 27.2. The summed E-state index contributed by atoms with van der Waals surface area (Å²) in [4.78, 5) is 30.5. The smallest absolute Gasteiger partial charge is 0.308 e. The number of piperidine rings is 1. The third-order valence-corrected chi connectivity index (χ3v) is 10.6. The number of ether oxygens (including phenoxy) is 2. The molecule has 1 saturated carbocycles. The zero-order chi connectivity index (χ0) is 32.1. The lowest BCUT2D eigenvalue weighted by atomic mass is 9.48. The number of hydrogen-bond donors (Lipinski definition) is 1. The summed E-state index contributed by atoms with van der Waals surface area (Å²) in [6.45, 7) is 7.77. The lowest BCUT2D eigenvalue weighted by Crippen LogP contribution is -2.78. The fourth-order valence-corrected chi connectivity index (χ4v) is 8.81. The van der Waals surface area contributed by atoms with Gasteiger partial charge in [0.15, 0.2) is 11.5 Å². The molecule has 7 heteroatoms. The van der Waals surface area contributed by atoms with Gasteiger partial charge in [-0.05, 0) is 73.9 Å². The van der Waals surface area contributed by atoms with Crippen LogP contribution >= 0.6 is 0 Å². The van der Waals surface area contributed by atoms with Crippen molar-refractivity contribution >= 4 is 11.9 Å². The van der Waals surface area contributed by atoms with Crippen molar-refractivity contribution in [2.24, 2.45) is 5.92 Å². The van der Waals surface area contributed by atoms with E-state index in [-0.39, 0.29) is 23.9 Å². The van der Waals surface area contributed by atoms with E-state index >= 15 is 0 Å². The van der Waals surface area contributed by atoms with E-state index in [9.17, 15) is 14.7 Å². The zero-order valence-electron chi connectivity index (χ0n) is 26.9. The van der Waals surface area contributed by atoms with Crippen molar-refractivity contribution in [3.05, 3.63) is 95.1 Å². The van der Waals surface area contributed by atoms with E-state index in [1.165, 1.54) is 12.5 Å². The van der Waals surface area contributed by atoms with Crippen molar-refractivity contribution in [3.63, 3.8) is 0 Å². The molecule has 1 spiro atoms. The molecule has 4 aliphatic rings. The van der Waals surface area contributed by atoms with Gasteiger partial charge in [-0.3, -0.25) is 14.5 Å². The molecule has 7 nitrogen and oxygen atoms in total. The van der Waals surface area contributed by atoms with Gasteiger partial charge in [0, 0.05) is 43.1 Å². The third-order valence-electron chi connectivity index (χ3n) is 10.6. The summed E-state index contributed by atoms with van der Waals surface area (Å²) in [6, 6.07) is 23.5. The Labute approximate surface area is 271 Å². The minimum atomic E-state index is -1.07. The standard InChI is InChI=1S/C39H42N2O5/c1-26(2)25-41(34(43)17-14-28-10-6-4-7-11-28)31-18-20-39(44)33-24-30-15-16-32(45-27(3)42)36-35(30)38(39,37(31)46-36)21-23-40(33)22-19-29-12-8-5-9-13-29/h4-13,15-16,26,31,33,37,44H,18-25H2,1-3H3/t31-,33-,37+,38+,39-/m1/s1. The van der Waals surface area contributed by atoms with Gasteiger partial charge in [0.1, 0.15) is 6.10 Å². The Morgan fingerprint density at radius 3 is 2.52 bits per heavy atom. The molecule has 0 radical (unpaired) electrons. The van der Waals surface area contributed by atoms with Gasteiger partial charge in [0.25, 0.3) is 5.91 Å². The maximum Gasteiger partial charge on any atom is 0.308 e. The van der Waals surface area contributed by atoms with Crippen LogP contribution in [-0.2, 0) is 27.8 Å². The van der Waals surface area contributed by atoms with Crippen LogP contribution in [0.2, 0.25) is 0 Å². The maximum absolute atomic E-state index is 14.0. The van der Waals surface area contributed by atoms with Crippen LogP contribution in [0.1, 0.15) is 62.3 Å². The predicted molar refractivity (Wildman–Crippen MR) is 176 cm³/mol. The van der Waals surface area contributed by atoms with Crippen molar-refractivity contribution in [2.45, 2.75) is 82.1 Å². The Balaban J connectivity index is 1.29. The van der Waals surface area contributed by atoms with E-state index in [0.29, 0.717) is 43.7 Å². The second kappa shape index (κ2) is 11.9. The second-order valence-electron chi connectivity index (χ2n) is 13.8. The molecule has 238 valence electrons. The van der Waals surface area contributed by atoms with Crippen molar-refractivity contribution in [1.82, 2.24) is 9.80 Å². The van der Waals surface area contributed by atoms with Gasteiger partial charge in [-0.2, -0.15) is 0 Å². The monoisotopic (exact) mass is 618 g/mol. The van der Waals surface area contributed by atoms with E-state index in [4.69, 9.17) is 9.47 Å². The zero-order valence-corrected chi connectivity index (χ0v) is 26.9. The van der Waals surface area contributed by atoms with Gasteiger partial charge in [-0.1, -0.05) is 74.4 Å². The van der Waals surface area contributed by atoms with E-state index in [0.717, 1.165) is 36.2 Å². The van der Waals surface area contributed by atoms with Crippen LogP contribution in [0.25, 0.3) is 0 Å². The minimum absolute atomic E-state index is 0.0952. The summed E-state index contributed by atoms with van der Waals surface area (Å²) in [5.41, 5.74) is 2.34. The van der Waals surface area contributed by atoms with Crippen molar-refractivity contribution < 1.29 is 24.2 Å². The maximum atomic E-state index is 14.0. The van der Waals surface area contributed by atoms with Crippen LogP contribution in [0.4, 0.5) is 0 Å². The fraction of sp³-hybridized carbons (Fsp3) is 0.436. The minimum Gasteiger partial charge on any atom is -0.483 e. The number of aliphatic hydroxyl groups is 1. The molecular weight excluding hydrogens is 576 g/mol. The largest absolute Gasteiger partial charge is 0.483 e. The van der Waals surface area contributed by atoms with Crippen LogP contribution in [0, 0.1) is 17.8 Å². The second-order valence-corrected chi connectivity index (χ2v) is 13.8. The fourth-order valence-electron chi connectivity index (χ4n) is 8.81. The van der Waals surface area contributed by atoms with Gasteiger partial charge >= 0.3 is 5.97 Å².